The number of nitrogens with one attached hydrogen (secondary N) is 1. The van der Waals surface area contributed by atoms with Crippen LogP contribution < -0.4 is 5.32 Å². The number of para-hydroxylation sites is 1. The van der Waals surface area contributed by atoms with Crippen LogP contribution in [0.1, 0.15) is 23.2 Å². The van der Waals surface area contributed by atoms with Crippen molar-refractivity contribution in [3.05, 3.63) is 64.4 Å². The van der Waals surface area contributed by atoms with Gasteiger partial charge in [-0.05, 0) is 65.3 Å². The van der Waals surface area contributed by atoms with Crippen molar-refractivity contribution in [3.63, 3.8) is 0 Å². The van der Waals surface area contributed by atoms with Crippen molar-refractivity contribution < 1.29 is 14.0 Å². The molecule has 0 unspecified atom stereocenters. The van der Waals surface area contributed by atoms with E-state index in [2.05, 4.69) is 26.1 Å². The van der Waals surface area contributed by atoms with Crippen molar-refractivity contribution >= 4 is 33.4 Å². The summed E-state index contributed by atoms with van der Waals surface area (Å²) in [6, 6.07) is 13.2. The topological polar surface area (TPSA) is 52.7 Å². The van der Waals surface area contributed by atoms with Gasteiger partial charge in [0.05, 0.1) is 5.69 Å². The summed E-state index contributed by atoms with van der Waals surface area (Å²) in [4.78, 5) is 28.8. The Hall–Kier alpha value is -2.25. The molecule has 5 nitrogen and oxygen atoms in total. The van der Waals surface area contributed by atoms with Gasteiger partial charge in [0.25, 0.3) is 5.91 Å². The van der Waals surface area contributed by atoms with Gasteiger partial charge >= 0.3 is 0 Å². The molecule has 1 aliphatic heterocycles. The number of anilines is 1. The molecule has 148 valence electrons. The van der Waals surface area contributed by atoms with E-state index in [1.165, 1.54) is 24.3 Å². The van der Waals surface area contributed by atoms with Crippen LogP contribution in [-0.4, -0.2) is 54.3 Å². The van der Waals surface area contributed by atoms with Gasteiger partial charge in [0.2, 0.25) is 5.91 Å². The molecule has 0 aromatic heterocycles. The van der Waals surface area contributed by atoms with Gasteiger partial charge in [-0.2, -0.15) is 0 Å². The van der Waals surface area contributed by atoms with Crippen molar-refractivity contribution in [1.29, 1.82) is 0 Å². The Balaban J connectivity index is 1.47. The standard InChI is InChI=1S/C21H23BrFN3O2/c22-18-4-1-2-5-19(18)24-20(27)10-13-25-11-3-12-26(15-14-25)21(28)16-6-8-17(23)9-7-16/h1-2,4-9H,3,10-15H2,(H,24,27). The number of carbonyl (C=O) groups is 2. The van der Waals surface area contributed by atoms with Crippen LogP contribution >= 0.6 is 15.9 Å². The summed E-state index contributed by atoms with van der Waals surface area (Å²) < 4.78 is 13.9. The molecule has 3 rings (SSSR count). The number of rotatable bonds is 5. The summed E-state index contributed by atoms with van der Waals surface area (Å²) in [6.07, 6.45) is 1.24. The largest absolute Gasteiger partial charge is 0.337 e. The van der Waals surface area contributed by atoms with E-state index in [1.807, 2.05) is 24.3 Å². The fourth-order valence-electron chi connectivity index (χ4n) is 3.21. The molecule has 0 radical (unpaired) electrons. The minimum atomic E-state index is -0.348. The van der Waals surface area contributed by atoms with Crippen molar-refractivity contribution in [2.24, 2.45) is 0 Å². The number of hydrogen-bond acceptors (Lipinski definition) is 3. The molecule has 1 N–H and O–H groups in total. The predicted octanol–water partition coefficient (Wildman–Crippen LogP) is 3.76. The normalized spacial score (nSPS) is 15.1. The van der Waals surface area contributed by atoms with E-state index in [-0.39, 0.29) is 17.6 Å². The Morgan fingerprint density at radius 3 is 2.50 bits per heavy atom. The molecule has 2 amide bonds. The van der Waals surface area contributed by atoms with Crippen LogP contribution in [0.3, 0.4) is 0 Å². The fourth-order valence-corrected chi connectivity index (χ4v) is 3.59. The lowest BCUT2D eigenvalue weighted by Gasteiger charge is -2.22. The van der Waals surface area contributed by atoms with Gasteiger partial charge in [-0.3, -0.25) is 9.59 Å². The highest BCUT2D eigenvalue weighted by Crippen LogP contribution is 2.21. The van der Waals surface area contributed by atoms with E-state index in [1.54, 1.807) is 4.90 Å². The first-order valence-electron chi connectivity index (χ1n) is 9.34. The first kappa shape index (κ1) is 20.5. The average Bonchev–Trinajstić information content (AvgIpc) is 2.94. The Morgan fingerprint density at radius 2 is 1.75 bits per heavy atom. The van der Waals surface area contributed by atoms with Gasteiger partial charge < -0.3 is 15.1 Å². The molecule has 1 fully saturated rings. The Morgan fingerprint density at radius 1 is 1.00 bits per heavy atom. The molecule has 1 saturated heterocycles. The van der Waals surface area contributed by atoms with Gasteiger partial charge in [0.15, 0.2) is 0 Å². The van der Waals surface area contributed by atoms with Crippen LogP contribution in [0, 0.1) is 5.82 Å². The van der Waals surface area contributed by atoms with E-state index in [0.29, 0.717) is 31.6 Å². The third-order valence-corrected chi connectivity index (χ3v) is 5.46. The quantitative estimate of drug-likeness (QED) is 0.758. The highest BCUT2D eigenvalue weighted by molar-refractivity contribution is 9.10. The lowest BCUT2D eigenvalue weighted by atomic mass is 10.2. The number of hydrogen-bond donors (Lipinski definition) is 1. The second-order valence-electron chi connectivity index (χ2n) is 6.77. The van der Waals surface area contributed by atoms with Crippen LogP contribution in [0.15, 0.2) is 53.0 Å². The summed E-state index contributed by atoms with van der Waals surface area (Å²) in [7, 11) is 0. The van der Waals surface area contributed by atoms with Crippen LogP contribution in [-0.2, 0) is 4.79 Å². The van der Waals surface area contributed by atoms with E-state index in [9.17, 15) is 14.0 Å². The fraction of sp³-hybridized carbons (Fsp3) is 0.333. The second kappa shape index (κ2) is 9.80. The SMILES string of the molecule is O=C(CCN1CCCN(C(=O)c2ccc(F)cc2)CC1)Nc1ccccc1Br. The molecule has 7 heteroatoms. The van der Waals surface area contributed by atoms with Crippen LogP contribution in [0.5, 0.6) is 0 Å². The number of benzene rings is 2. The van der Waals surface area contributed by atoms with Gasteiger partial charge in [0, 0.05) is 42.6 Å². The Bertz CT molecular complexity index is 829. The molecule has 1 aliphatic rings. The van der Waals surface area contributed by atoms with Gasteiger partial charge in [0.1, 0.15) is 5.82 Å². The zero-order valence-corrected chi connectivity index (χ0v) is 17.1. The van der Waals surface area contributed by atoms with Crippen molar-refractivity contribution in [3.8, 4) is 0 Å². The first-order chi connectivity index (χ1) is 13.5. The van der Waals surface area contributed by atoms with Crippen LogP contribution in [0.25, 0.3) is 0 Å². The molecule has 0 saturated carbocycles. The average molecular weight is 448 g/mol. The molecule has 0 atom stereocenters. The molecule has 28 heavy (non-hydrogen) atoms. The lowest BCUT2D eigenvalue weighted by Crippen LogP contribution is -2.36. The molecule has 2 aromatic carbocycles. The van der Waals surface area contributed by atoms with Crippen LogP contribution in [0.4, 0.5) is 10.1 Å². The third-order valence-electron chi connectivity index (χ3n) is 4.77. The monoisotopic (exact) mass is 447 g/mol. The van der Waals surface area contributed by atoms with Gasteiger partial charge in [-0.15, -0.1) is 0 Å². The maximum absolute atomic E-state index is 13.1. The molecule has 0 bridgehead atoms. The van der Waals surface area contributed by atoms with E-state index < -0.39 is 0 Å². The van der Waals surface area contributed by atoms with E-state index >= 15 is 0 Å². The van der Waals surface area contributed by atoms with E-state index in [0.717, 1.165) is 29.7 Å². The summed E-state index contributed by atoms with van der Waals surface area (Å²) >= 11 is 3.42. The van der Waals surface area contributed by atoms with Crippen molar-refractivity contribution in [1.82, 2.24) is 9.80 Å². The summed E-state index contributed by atoms with van der Waals surface area (Å²) in [5.74, 6) is -0.455. The summed E-state index contributed by atoms with van der Waals surface area (Å²) in [6.45, 7) is 3.47. The highest BCUT2D eigenvalue weighted by atomic mass is 79.9. The number of nitrogens with zero attached hydrogens (tertiary/aromatic N) is 2. The zero-order valence-electron chi connectivity index (χ0n) is 15.5. The maximum atomic E-state index is 13.1. The van der Waals surface area contributed by atoms with Crippen molar-refractivity contribution in [2.45, 2.75) is 12.8 Å². The highest BCUT2D eigenvalue weighted by Gasteiger charge is 2.20. The van der Waals surface area contributed by atoms with E-state index in [4.69, 9.17) is 0 Å². The summed E-state index contributed by atoms with van der Waals surface area (Å²) in [5.41, 5.74) is 1.27. The number of carbonyl (C=O) groups excluding carboxylic acids is 2. The second-order valence-corrected chi connectivity index (χ2v) is 7.63. The first-order valence-corrected chi connectivity index (χ1v) is 10.1. The molecular weight excluding hydrogens is 425 g/mol. The van der Waals surface area contributed by atoms with Gasteiger partial charge in [-0.1, -0.05) is 12.1 Å². The smallest absolute Gasteiger partial charge is 0.253 e. The summed E-state index contributed by atoms with van der Waals surface area (Å²) in [5, 5.41) is 2.91. The lowest BCUT2D eigenvalue weighted by molar-refractivity contribution is -0.116. The Kier molecular flexibility index (Phi) is 7.17. The predicted molar refractivity (Wildman–Crippen MR) is 111 cm³/mol. The van der Waals surface area contributed by atoms with Gasteiger partial charge in [-0.25, -0.2) is 4.39 Å². The zero-order chi connectivity index (χ0) is 19.9. The maximum Gasteiger partial charge on any atom is 0.253 e. The molecule has 2 aromatic rings. The van der Waals surface area contributed by atoms with Crippen molar-refractivity contribution in [2.75, 3.05) is 38.0 Å². The number of amides is 2. The molecule has 0 spiro atoms. The minimum Gasteiger partial charge on any atom is -0.337 e. The Labute approximate surface area is 172 Å². The van der Waals surface area contributed by atoms with Crippen LogP contribution in [0.2, 0.25) is 0 Å². The number of halogens is 2. The molecule has 1 heterocycles. The minimum absolute atomic E-state index is 0.0320. The molecular formula is C21H23BrFN3O2. The molecule has 0 aliphatic carbocycles. The third kappa shape index (κ3) is 5.62.